The molecule has 0 unspecified atom stereocenters. The number of carbonyl (C=O) groups excluding carboxylic acids is 1. The van der Waals surface area contributed by atoms with Gasteiger partial charge in [-0.1, -0.05) is 0 Å². The van der Waals surface area contributed by atoms with Gasteiger partial charge in [-0.25, -0.2) is 0 Å². The van der Waals surface area contributed by atoms with Crippen LogP contribution in [0.5, 0.6) is 0 Å². The first kappa shape index (κ1) is 13.1. The lowest BCUT2D eigenvalue weighted by molar-refractivity contribution is 0.0909. The van der Waals surface area contributed by atoms with Crippen molar-refractivity contribution in [2.45, 2.75) is 46.2 Å². The van der Waals surface area contributed by atoms with Crippen molar-refractivity contribution in [3.8, 4) is 0 Å². The van der Waals surface area contributed by atoms with Gasteiger partial charge in [-0.2, -0.15) is 0 Å². The molecule has 2 rings (SSSR count). The standard InChI is InChI=1S/C14H20N2OS/c1-9(2)16-10-6-7-18-12(10)8-11(16)13(17)15-14(3,4)5/h6-9H,1-5H3,(H,15,17). The van der Waals surface area contributed by atoms with Crippen LogP contribution in [0.3, 0.4) is 0 Å². The lowest BCUT2D eigenvalue weighted by atomic mass is 10.1. The van der Waals surface area contributed by atoms with Crippen molar-refractivity contribution in [2.75, 3.05) is 0 Å². The van der Waals surface area contributed by atoms with Crippen LogP contribution in [0.4, 0.5) is 0 Å². The van der Waals surface area contributed by atoms with E-state index in [1.165, 1.54) is 4.70 Å². The molecule has 98 valence electrons. The molecule has 2 aromatic heterocycles. The first-order valence-corrected chi connectivity index (χ1v) is 7.08. The van der Waals surface area contributed by atoms with Crippen LogP contribution in [-0.2, 0) is 0 Å². The second-order valence-electron chi connectivity index (χ2n) is 5.87. The van der Waals surface area contributed by atoms with E-state index in [1.807, 2.05) is 26.8 Å². The van der Waals surface area contributed by atoms with Gasteiger partial charge < -0.3 is 9.88 Å². The van der Waals surface area contributed by atoms with Crippen molar-refractivity contribution in [3.05, 3.63) is 23.2 Å². The summed E-state index contributed by atoms with van der Waals surface area (Å²) in [6.07, 6.45) is 0. The highest BCUT2D eigenvalue weighted by Crippen LogP contribution is 2.28. The fourth-order valence-electron chi connectivity index (χ4n) is 2.08. The molecular formula is C14H20N2OS. The third-order valence-corrected chi connectivity index (χ3v) is 3.55. The molecule has 2 aromatic rings. The topological polar surface area (TPSA) is 34.0 Å². The monoisotopic (exact) mass is 264 g/mol. The molecule has 0 aliphatic heterocycles. The Kier molecular flexibility index (Phi) is 3.23. The summed E-state index contributed by atoms with van der Waals surface area (Å²) in [6, 6.07) is 4.34. The largest absolute Gasteiger partial charge is 0.346 e. The molecule has 0 spiro atoms. The summed E-state index contributed by atoms with van der Waals surface area (Å²) in [4.78, 5) is 12.3. The van der Waals surface area contributed by atoms with Gasteiger partial charge in [0.25, 0.3) is 5.91 Å². The van der Waals surface area contributed by atoms with Gasteiger partial charge in [0.1, 0.15) is 5.69 Å². The predicted molar refractivity (Wildman–Crippen MR) is 77.4 cm³/mol. The molecule has 0 saturated heterocycles. The van der Waals surface area contributed by atoms with E-state index in [2.05, 4.69) is 35.2 Å². The van der Waals surface area contributed by atoms with Gasteiger partial charge in [-0.3, -0.25) is 4.79 Å². The molecule has 3 nitrogen and oxygen atoms in total. The second kappa shape index (κ2) is 4.43. The summed E-state index contributed by atoms with van der Waals surface area (Å²) >= 11 is 1.67. The van der Waals surface area contributed by atoms with Crippen LogP contribution >= 0.6 is 11.3 Å². The summed E-state index contributed by atoms with van der Waals surface area (Å²) < 4.78 is 3.27. The van der Waals surface area contributed by atoms with Gasteiger partial charge in [0.2, 0.25) is 0 Å². The third-order valence-electron chi connectivity index (χ3n) is 2.70. The highest BCUT2D eigenvalue weighted by atomic mass is 32.1. The molecule has 0 fully saturated rings. The van der Waals surface area contributed by atoms with E-state index >= 15 is 0 Å². The van der Waals surface area contributed by atoms with Gasteiger partial charge in [-0.15, -0.1) is 11.3 Å². The van der Waals surface area contributed by atoms with Crippen LogP contribution in [-0.4, -0.2) is 16.0 Å². The quantitative estimate of drug-likeness (QED) is 0.879. The first-order chi connectivity index (χ1) is 8.29. The molecule has 1 N–H and O–H groups in total. The van der Waals surface area contributed by atoms with Crippen LogP contribution in [0.2, 0.25) is 0 Å². The SMILES string of the molecule is CC(C)n1c(C(=O)NC(C)(C)C)cc2sccc21. The van der Waals surface area contributed by atoms with Gasteiger partial charge >= 0.3 is 0 Å². The number of hydrogen-bond acceptors (Lipinski definition) is 2. The molecule has 0 bridgehead atoms. The summed E-state index contributed by atoms with van der Waals surface area (Å²) in [5, 5.41) is 5.09. The fraction of sp³-hybridized carbons (Fsp3) is 0.500. The average Bonchev–Trinajstić information content (AvgIpc) is 2.70. The van der Waals surface area contributed by atoms with Crippen LogP contribution in [0.1, 0.15) is 51.1 Å². The normalized spacial score (nSPS) is 12.3. The Morgan fingerprint density at radius 2 is 2.06 bits per heavy atom. The van der Waals surface area contributed by atoms with Crippen LogP contribution in [0.15, 0.2) is 17.5 Å². The number of amides is 1. The lowest BCUT2D eigenvalue weighted by Crippen LogP contribution is -2.41. The minimum Gasteiger partial charge on any atom is -0.346 e. The molecular weight excluding hydrogens is 244 g/mol. The van der Waals surface area contributed by atoms with Crippen molar-refractivity contribution in [1.29, 1.82) is 0 Å². The first-order valence-electron chi connectivity index (χ1n) is 6.20. The number of fused-ring (bicyclic) bond motifs is 1. The number of nitrogens with one attached hydrogen (secondary N) is 1. The summed E-state index contributed by atoms with van der Waals surface area (Å²) in [7, 11) is 0. The van der Waals surface area contributed by atoms with Crippen molar-refractivity contribution >= 4 is 27.5 Å². The zero-order valence-electron chi connectivity index (χ0n) is 11.6. The summed E-state index contributed by atoms with van der Waals surface area (Å²) in [6.45, 7) is 10.2. The van der Waals surface area contributed by atoms with Crippen LogP contribution in [0, 0.1) is 0 Å². The van der Waals surface area contributed by atoms with Crippen LogP contribution in [0.25, 0.3) is 10.2 Å². The van der Waals surface area contributed by atoms with E-state index in [0.717, 1.165) is 11.2 Å². The van der Waals surface area contributed by atoms with Gasteiger partial charge in [0.15, 0.2) is 0 Å². The van der Waals surface area contributed by atoms with Gasteiger partial charge in [0.05, 0.1) is 10.2 Å². The van der Waals surface area contributed by atoms with Crippen molar-refractivity contribution in [2.24, 2.45) is 0 Å². The third kappa shape index (κ3) is 2.43. The molecule has 0 radical (unpaired) electrons. The van der Waals surface area contributed by atoms with E-state index in [-0.39, 0.29) is 17.5 Å². The lowest BCUT2D eigenvalue weighted by Gasteiger charge is -2.22. The highest BCUT2D eigenvalue weighted by molar-refractivity contribution is 7.17. The molecule has 0 aromatic carbocycles. The maximum atomic E-state index is 12.3. The zero-order chi connectivity index (χ0) is 13.5. The minimum atomic E-state index is -0.212. The van der Waals surface area contributed by atoms with E-state index in [1.54, 1.807) is 11.3 Å². The maximum Gasteiger partial charge on any atom is 0.268 e. The molecule has 0 aliphatic rings. The molecule has 0 atom stereocenters. The number of aromatic nitrogens is 1. The summed E-state index contributed by atoms with van der Waals surface area (Å²) in [5.41, 5.74) is 1.69. The zero-order valence-corrected chi connectivity index (χ0v) is 12.4. The van der Waals surface area contributed by atoms with E-state index in [9.17, 15) is 4.79 Å². The Labute approximate surface area is 112 Å². The number of hydrogen-bond donors (Lipinski definition) is 1. The number of thiophene rings is 1. The Morgan fingerprint density at radius 1 is 1.39 bits per heavy atom. The Bertz CT molecular complexity index is 572. The Morgan fingerprint density at radius 3 is 2.61 bits per heavy atom. The van der Waals surface area contributed by atoms with E-state index < -0.39 is 0 Å². The fourth-order valence-corrected chi connectivity index (χ4v) is 2.89. The van der Waals surface area contributed by atoms with Crippen molar-refractivity contribution < 1.29 is 4.79 Å². The molecule has 18 heavy (non-hydrogen) atoms. The Balaban J connectivity index is 2.47. The molecule has 0 aliphatic carbocycles. The number of carbonyl (C=O) groups is 1. The van der Waals surface area contributed by atoms with E-state index in [4.69, 9.17) is 0 Å². The molecule has 0 saturated carbocycles. The van der Waals surface area contributed by atoms with Crippen LogP contribution < -0.4 is 5.32 Å². The second-order valence-corrected chi connectivity index (χ2v) is 6.82. The minimum absolute atomic E-state index is 0.000370. The smallest absolute Gasteiger partial charge is 0.268 e. The Hall–Kier alpha value is -1.29. The summed E-state index contributed by atoms with van der Waals surface area (Å²) in [5.74, 6) is -0.000370. The van der Waals surface area contributed by atoms with E-state index in [0.29, 0.717) is 0 Å². The maximum absolute atomic E-state index is 12.3. The predicted octanol–water partition coefficient (Wildman–Crippen LogP) is 3.81. The molecule has 4 heteroatoms. The van der Waals surface area contributed by atoms with Crippen molar-refractivity contribution in [1.82, 2.24) is 9.88 Å². The number of nitrogens with zero attached hydrogens (tertiary/aromatic N) is 1. The highest BCUT2D eigenvalue weighted by Gasteiger charge is 2.21. The molecule has 2 heterocycles. The van der Waals surface area contributed by atoms with Crippen molar-refractivity contribution in [3.63, 3.8) is 0 Å². The number of rotatable bonds is 2. The van der Waals surface area contributed by atoms with Gasteiger partial charge in [0, 0.05) is 11.6 Å². The van der Waals surface area contributed by atoms with Gasteiger partial charge in [-0.05, 0) is 52.1 Å². The molecule has 1 amide bonds. The average molecular weight is 264 g/mol.